The first kappa shape index (κ1) is 11.1. The van der Waals surface area contributed by atoms with E-state index in [0.717, 1.165) is 0 Å². The molecule has 0 aliphatic heterocycles. The van der Waals surface area contributed by atoms with Crippen LogP contribution in [0, 0.1) is 6.07 Å². The van der Waals surface area contributed by atoms with Gasteiger partial charge in [0.05, 0.1) is 20.3 Å². The number of benzene rings is 1. The minimum absolute atomic E-state index is 0. The van der Waals surface area contributed by atoms with Gasteiger partial charge in [0.25, 0.3) is 0 Å². The van der Waals surface area contributed by atoms with Crippen LogP contribution in [-0.2, 0) is 21.7 Å². The molecular weight excluding hydrogens is 218 g/mol. The van der Waals surface area contributed by atoms with Crippen molar-refractivity contribution in [2.45, 2.75) is 0 Å². The van der Waals surface area contributed by atoms with Crippen LogP contribution in [0.2, 0.25) is 0 Å². The van der Waals surface area contributed by atoms with E-state index in [2.05, 4.69) is 11.1 Å². The van der Waals surface area contributed by atoms with Crippen LogP contribution in [-0.4, -0.2) is 19.2 Å². The van der Waals surface area contributed by atoms with Gasteiger partial charge in [-0.05, 0) is 0 Å². The Labute approximate surface area is 96.1 Å². The third-order valence-electron chi connectivity index (χ3n) is 1.73. The SMILES string of the molecule is COc1[c]c(OC)c2ncoc2c1.[Ti]. The van der Waals surface area contributed by atoms with Crippen LogP contribution in [0.25, 0.3) is 11.1 Å². The molecule has 1 aromatic heterocycles. The molecule has 1 radical (unpaired) electrons. The zero-order valence-corrected chi connectivity index (χ0v) is 9.39. The third kappa shape index (κ3) is 1.76. The van der Waals surface area contributed by atoms with Crippen molar-refractivity contribution in [1.82, 2.24) is 4.98 Å². The van der Waals surface area contributed by atoms with Gasteiger partial charge in [-0.25, -0.2) is 4.98 Å². The number of oxazole rings is 1. The Kier molecular flexibility index (Phi) is 3.55. The normalized spacial score (nSPS) is 9.57. The molecule has 14 heavy (non-hydrogen) atoms. The van der Waals surface area contributed by atoms with Crippen molar-refractivity contribution in [3.05, 3.63) is 18.5 Å². The first-order chi connectivity index (χ1) is 6.35. The summed E-state index contributed by atoms with van der Waals surface area (Å²) in [4.78, 5) is 3.99. The number of hydrogen-bond donors (Lipinski definition) is 0. The summed E-state index contributed by atoms with van der Waals surface area (Å²) in [6.07, 6.45) is 1.36. The van der Waals surface area contributed by atoms with Gasteiger partial charge in [0.2, 0.25) is 0 Å². The number of nitrogens with zero attached hydrogens (tertiary/aromatic N) is 1. The van der Waals surface area contributed by atoms with E-state index in [0.29, 0.717) is 22.6 Å². The molecule has 5 heteroatoms. The number of methoxy groups -OCH3 is 2. The second-order valence-corrected chi connectivity index (χ2v) is 2.44. The minimum Gasteiger partial charge on any atom is -0.496 e. The topological polar surface area (TPSA) is 44.5 Å². The van der Waals surface area contributed by atoms with Gasteiger partial charge in [-0.3, -0.25) is 0 Å². The molecule has 0 spiro atoms. The molecule has 1 heterocycles. The molecule has 0 saturated carbocycles. The van der Waals surface area contributed by atoms with E-state index >= 15 is 0 Å². The Hall–Kier alpha value is -0.996. The average Bonchev–Trinajstić information content (AvgIpc) is 2.63. The molecule has 71 valence electrons. The first-order valence-corrected chi connectivity index (χ1v) is 3.72. The van der Waals surface area contributed by atoms with Crippen molar-refractivity contribution in [1.29, 1.82) is 0 Å². The maximum absolute atomic E-state index is 5.11. The molecule has 2 rings (SSSR count). The number of fused-ring (bicyclic) bond motifs is 1. The molecule has 0 amide bonds. The molecule has 4 nitrogen and oxygen atoms in total. The number of aromatic nitrogens is 1. The van der Waals surface area contributed by atoms with Crippen molar-refractivity contribution in [3.63, 3.8) is 0 Å². The van der Waals surface area contributed by atoms with Gasteiger partial charge in [0, 0.05) is 27.8 Å². The Morgan fingerprint density at radius 3 is 2.79 bits per heavy atom. The zero-order chi connectivity index (χ0) is 9.26. The maximum Gasteiger partial charge on any atom is 0.182 e. The fourth-order valence-corrected chi connectivity index (χ4v) is 1.11. The van der Waals surface area contributed by atoms with E-state index in [1.54, 1.807) is 20.3 Å². The van der Waals surface area contributed by atoms with Crippen molar-refractivity contribution in [3.8, 4) is 11.5 Å². The van der Waals surface area contributed by atoms with Crippen LogP contribution in [0.1, 0.15) is 0 Å². The van der Waals surface area contributed by atoms with Gasteiger partial charge in [0.15, 0.2) is 23.2 Å². The van der Waals surface area contributed by atoms with Gasteiger partial charge in [-0.15, -0.1) is 0 Å². The van der Waals surface area contributed by atoms with E-state index in [1.807, 2.05) is 0 Å². The van der Waals surface area contributed by atoms with Crippen LogP contribution >= 0.6 is 0 Å². The summed E-state index contributed by atoms with van der Waals surface area (Å²) in [6, 6.07) is 4.62. The molecule has 1 aromatic carbocycles. The van der Waals surface area contributed by atoms with Crippen molar-refractivity contribution in [2.24, 2.45) is 0 Å². The van der Waals surface area contributed by atoms with Gasteiger partial charge in [-0.1, -0.05) is 0 Å². The number of hydrogen-bond acceptors (Lipinski definition) is 4. The summed E-state index contributed by atoms with van der Waals surface area (Å²) in [7, 11) is 3.12. The molecule has 0 atom stereocenters. The predicted octanol–water partition coefficient (Wildman–Crippen LogP) is 1.64. The largest absolute Gasteiger partial charge is 0.496 e. The monoisotopic (exact) mass is 226 g/mol. The van der Waals surface area contributed by atoms with Crippen LogP contribution < -0.4 is 9.47 Å². The maximum atomic E-state index is 5.11. The molecule has 0 unspecified atom stereocenters. The van der Waals surface area contributed by atoms with Crippen LogP contribution in [0.4, 0.5) is 0 Å². The summed E-state index contributed by atoms with van der Waals surface area (Å²) in [6.45, 7) is 0. The number of ether oxygens (including phenoxy) is 2. The smallest absolute Gasteiger partial charge is 0.182 e. The summed E-state index contributed by atoms with van der Waals surface area (Å²) >= 11 is 0. The van der Waals surface area contributed by atoms with Crippen molar-refractivity contribution in [2.75, 3.05) is 14.2 Å². The molecule has 0 aliphatic carbocycles. The van der Waals surface area contributed by atoms with E-state index in [4.69, 9.17) is 13.9 Å². The standard InChI is InChI=1S/C9H8NO3.Ti/c1-11-6-3-7(12-2)9-8(4-6)13-5-10-9;/h4-5H,1-2H3;. The Morgan fingerprint density at radius 1 is 1.36 bits per heavy atom. The second kappa shape index (κ2) is 4.48. The predicted molar refractivity (Wildman–Crippen MR) is 45.9 cm³/mol. The van der Waals surface area contributed by atoms with Crippen LogP contribution in [0.5, 0.6) is 11.5 Å². The van der Waals surface area contributed by atoms with E-state index in [9.17, 15) is 0 Å². The second-order valence-electron chi connectivity index (χ2n) is 2.44. The molecule has 0 fully saturated rings. The molecule has 0 saturated heterocycles. The molecule has 0 bridgehead atoms. The van der Waals surface area contributed by atoms with E-state index in [1.165, 1.54) is 6.39 Å². The molecule has 0 N–H and O–H groups in total. The summed E-state index contributed by atoms with van der Waals surface area (Å²) < 4.78 is 15.2. The van der Waals surface area contributed by atoms with Crippen molar-refractivity contribution >= 4 is 11.1 Å². The first-order valence-electron chi connectivity index (χ1n) is 3.72. The van der Waals surface area contributed by atoms with E-state index in [-0.39, 0.29) is 21.7 Å². The van der Waals surface area contributed by atoms with Gasteiger partial charge >= 0.3 is 0 Å². The van der Waals surface area contributed by atoms with Crippen LogP contribution in [0.3, 0.4) is 0 Å². The Morgan fingerprint density at radius 2 is 2.14 bits per heavy atom. The molecular formula is C9H8NO3Ti. The quantitative estimate of drug-likeness (QED) is 0.730. The molecule has 0 aliphatic rings. The Bertz CT molecular complexity index is 427. The van der Waals surface area contributed by atoms with Crippen LogP contribution in [0.15, 0.2) is 16.9 Å². The van der Waals surface area contributed by atoms with Gasteiger partial charge in [0.1, 0.15) is 5.75 Å². The van der Waals surface area contributed by atoms with Gasteiger partial charge < -0.3 is 13.9 Å². The summed E-state index contributed by atoms with van der Waals surface area (Å²) in [5.74, 6) is 1.10. The van der Waals surface area contributed by atoms with E-state index < -0.39 is 0 Å². The Balaban J connectivity index is 0.000000980. The summed E-state index contributed by atoms with van der Waals surface area (Å²) in [5, 5.41) is 0. The molecule has 2 aromatic rings. The summed E-state index contributed by atoms with van der Waals surface area (Å²) in [5.41, 5.74) is 1.29. The fraction of sp³-hybridized carbons (Fsp3) is 0.222. The number of rotatable bonds is 2. The zero-order valence-electron chi connectivity index (χ0n) is 7.83. The average molecular weight is 226 g/mol. The fourth-order valence-electron chi connectivity index (χ4n) is 1.11. The third-order valence-corrected chi connectivity index (χ3v) is 1.73. The van der Waals surface area contributed by atoms with Gasteiger partial charge in [-0.2, -0.15) is 0 Å². The minimum atomic E-state index is 0. The van der Waals surface area contributed by atoms with Crippen molar-refractivity contribution < 1.29 is 35.6 Å².